The van der Waals surface area contributed by atoms with E-state index in [0.717, 1.165) is 11.0 Å². The lowest BCUT2D eigenvalue weighted by molar-refractivity contribution is 0.288. The highest BCUT2D eigenvalue weighted by atomic mass is 79.9. The molecule has 14 heavy (non-hydrogen) atoms. The lowest BCUT2D eigenvalue weighted by Crippen LogP contribution is -2.23. The first-order valence-electron chi connectivity index (χ1n) is 4.69. The molecule has 0 radical (unpaired) electrons. The third-order valence-corrected chi connectivity index (χ3v) is 2.61. The number of rotatable bonds is 4. The summed E-state index contributed by atoms with van der Waals surface area (Å²) in [4.78, 5) is 2.26. The van der Waals surface area contributed by atoms with Gasteiger partial charge in [0.15, 0.2) is 0 Å². The zero-order valence-electron chi connectivity index (χ0n) is 8.70. The Morgan fingerprint density at radius 3 is 2.50 bits per heavy atom. The molecule has 0 bridgehead atoms. The first-order chi connectivity index (χ1) is 6.61. The maximum Gasteiger partial charge on any atom is 0.0320 e. The van der Waals surface area contributed by atoms with E-state index in [9.17, 15) is 0 Å². The molecule has 1 atom stereocenters. The molecule has 1 rings (SSSR count). The number of hydrogen-bond donors (Lipinski definition) is 0. The lowest BCUT2D eigenvalue weighted by atomic mass is 10.1. The Labute approximate surface area is 94.6 Å². The molecule has 0 spiro atoms. The third kappa shape index (κ3) is 3.28. The quantitative estimate of drug-likeness (QED) is 0.793. The fourth-order valence-corrected chi connectivity index (χ4v) is 1.79. The number of hydrogen-bond acceptors (Lipinski definition) is 1. The van der Waals surface area contributed by atoms with Gasteiger partial charge in [-0.3, -0.25) is 4.90 Å². The van der Waals surface area contributed by atoms with Crippen LogP contribution in [-0.2, 0) is 0 Å². The Morgan fingerprint density at radius 2 is 2.00 bits per heavy atom. The van der Waals surface area contributed by atoms with E-state index in [-0.39, 0.29) is 0 Å². The molecule has 0 unspecified atom stereocenters. The van der Waals surface area contributed by atoms with E-state index < -0.39 is 0 Å². The van der Waals surface area contributed by atoms with Crippen molar-refractivity contribution in [1.29, 1.82) is 0 Å². The highest BCUT2D eigenvalue weighted by Crippen LogP contribution is 2.19. The van der Waals surface area contributed by atoms with E-state index in [1.165, 1.54) is 5.56 Å². The second-order valence-electron chi connectivity index (χ2n) is 3.52. The molecule has 0 heterocycles. The van der Waals surface area contributed by atoms with Gasteiger partial charge in [0.2, 0.25) is 0 Å². The fourth-order valence-electron chi connectivity index (χ4n) is 1.39. The van der Waals surface area contributed by atoms with Crippen LogP contribution in [0.3, 0.4) is 0 Å². The van der Waals surface area contributed by atoms with Crippen LogP contribution < -0.4 is 0 Å². The van der Waals surface area contributed by atoms with E-state index in [1.54, 1.807) is 0 Å². The molecular formula is C12H16BrN. The molecule has 2 heteroatoms. The molecule has 1 aromatic carbocycles. The summed E-state index contributed by atoms with van der Waals surface area (Å²) in [5, 5.41) is 0. The molecular weight excluding hydrogens is 238 g/mol. The van der Waals surface area contributed by atoms with Crippen molar-refractivity contribution in [3.63, 3.8) is 0 Å². The summed E-state index contributed by atoms with van der Waals surface area (Å²) in [5.41, 5.74) is 1.34. The molecule has 0 aromatic heterocycles. The van der Waals surface area contributed by atoms with Crippen LogP contribution >= 0.6 is 15.9 Å². The van der Waals surface area contributed by atoms with Gasteiger partial charge in [-0.25, -0.2) is 0 Å². The van der Waals surface area contributed by atoms with E-state index in [4.69, 9.17) is 0 Å². The zero-order chi connectivity index (χ0) is 10.6. The van der Waals surface area contributed by atoms with Crippen molar-refractivity contribution in [3.05, 3.63) is 47.0 Å². The van der Waals surface area contributed by atoms with Crippen LogP contribution in [0, 0.1) is 0 Å². The van der Waals surface area contributed by atoms with Gasteiger partial charge in [-0.15, -0.1) is 0 Å². The maximum atomic E-state index is 3.85. The first-order valence-corrected chi connectivity index (χ1v) is 5.49. The molecule has 1 aromatic rings. The van der Waals surface area contributed by atoms with Gasteiger partial charge >= 0.3 is 0 Å². The molecule has 0 aliphatic heterocycles. The van der Waals surface area contributed by atoms with Gasteiger partial charge < -0.3 is 0 Å². The molecule has 0 amide bonds. The Balaban J connectivity index is 2.65. The predicted molar refractivity (Wildman–Crippen MR) is 65.6 cm³/mol. The molecule has 76 valence electrons. The van der Waals surface area contributed by atoms with Gasteiger partial charge in [-0.1, -0.05) is 52.8 Å². The Hall–Kier alpha value is -0.600. The van der Waals surface area contributed by atoms with Gasteiger partial charge in [-0.2, -0.15) is 0 Å². The van der Waals surface area contributed by atoms with Gasteiger partial charge in [0.1, 0.15) is 0 Å². The minimum absolute atomic E-state index is 0.422. The van der Waals surface area contributed by atoms with Crippen LogP contribution in [-0.4, -0.2) is 18.5 Å². The second-order valence-corrected chi connectivity index (χ2v) is 4.64. The molecule has 0 fully saturated rings. The van der Waals surface area contributed by atoms with Crippen molar-refractivity contribution in [2.75, 3.05) is 13.6 Å². The number of nitrogens with zero attached hydrogens (tertiary/aromatic N) is 1. The van der Waals surface area contributed by atoms with Crippen molar-refractivity contribution in [2.45, 2.75) is 13.0 Å². The van der Waals surface area contributed by atoms with Crippen LogP contribution in [0.5, 0.6) is 0 Å². The summed E-state index contributed by atoms with van der Waals surface area (Å²) < 4.78 is 1.02. The molecule has 0 N–H and O–H groups in total. The fraction of sp³-hybridized carbons (Fsp3) is 0.333. The third-order valence-electron chi connectivity index (χ3n) is 2.36. The van der Waals surface area contributed by atoms with Crippen LogP contribution in [0.1, 0.15) is 18.5 Å². The maximum absolute atomic E-state index is 3.85. The van der Waals surface area contributed by atoms with Crippen molar-refractivity contribution in [3.8, 4) is 0 Å². The van der Waals surface area contributed by atoms with E-state index >= 15 is 0 Å². The summed E-state index contributed by atoms with van der Waals surface area (Å²) in [6.07, 6.45) is 0. The van der Waals surface area contributed by atoms with Gasteiger partial charge in [0, 0.05) is 17.1 Å². The van der Waals surface area contributed by atoms with Crippen LogP contribution in [0.15, 0.2) is 41.4 Å². The largest absolute Gasteiger partial charge is 0.295 e. The number of benzene rings is 1. The van der Waals surface area contributed by atoms with Crippen LogP contribution in [0.2, 0.25) is 0 Å². The van der Waals surface area contributed by atoms with Crippen molar-refractivity contribution in [1.82, 2.24) is 4.90 Å². The van der Waals surface area contributed by atoms with E-state index in [1.807, 2.05) is 6.07 Å². The molecule has 0 saturated heterocycles. The Kier molecular flexibility index (Phi) is 4.36. The number of likely N-dealkylation sites (N-methyl/N-ethyl adjacent to an activating group) is 1. The van der Waals surface area contributed by atoms with Crippen molar-refractivity contribution >= 4 is 15.9 Å². The van der Waals surface area contributed by atoms with Gasteiger partial charge in [0.25, 0.3) is 0 Å². The summed E-state index contributed by atoms with van der Waals surface area (Å²) in [5.74, 6) is 0. The Morgan fingerprint density at radius 1 is 1.43 bits per heavy atom. The molecule has 0 aliphatic rings. The summed E-state index contributed by atoms with van der Waals surface area (Å²) in [6.45, 7) is 6.92. The summed E-state index contributed by atoms with van der Waals surface area (Å²) in [6, 6.07) is 10.9. The van der Waals surface area contributed by atoms with Crippen LogP contribution in [0.4, 0.5) is 0 Å². The number of halogens is 1. The SMILES string of the molecule is C=C(Br)CN(C)[C@@H](C)c1ccccc1. The lowest BCUT2D eigenvalue weighted by Gasteiger charge is -2.24. The van der Waals surface area contributed by atoms with Gasteiger partial charge in [-0.05, 0) is 19.5 Å². The monoisotopic (exact) mass is 253 g/mol. The van der Waals surface area contributed by atoms with Crippen molar-refractivity contribution in [2.24, 2.45) is 0 Å². The van der Waals surface area contributed by atoms with Crippen molar-refractivity contribution < 1.29 is 0 Å². The topological polar surface area (TPSA) is 3.24 Å². The second kappa shape index (κ2) is 5.32. The molecule has 1 nitrogen and oxygen atoms in total. The average molecular weight is 254 g/mol. The predicted octanol–water partition coefficient (Wildman–Crippen LogP) is 3.59. The Bertz CT molecular complexity index is 294. The zero-order valence-corrected chi connectivity index (χ0v) is 10.3. The minimum atomic E-state index is 0.422. The van der Waals surface area contributed by atoms with Crippen LogP contribution in [0.25, 0.3) is 0 Å². The molecule has 0 saturated carbocycles. The normalized spacial score (nSPS) is 12.9. The standard InChI is InChI=1S/C12H16BrN/c1-10(13)9-14(3)11(2)12-7-5-4-6-8-12/h4-8,11H,1,9H2,2-3H3/t11-/m0/s1. The average Bonchev–Trinajstić information content (AvgIpc) is 2.17. The minimum Gasteiger partial charge on any atom is -0.295 e. The first kappa shape index (κ1) is 11.5. The van der Waals surface area contributed by atoms with E-state index in [2.05, 4.69) is 65.6 Å². The molecule has 0 aliphatic carbocycles. The summed E-state index contributed by atoms with van der Waals surface area (Å²) in [7, 11) is 2.10. The summed E-state index contributed by atoms with van der Waals surface area (Å²) >= 11 is 3.38. The highest BCUT2D eigenvalue weighted by Gasteiger charge is 2.10. The van der Waals surface area contributed by atoms with E-state index in [0.29, 0.717) is 6.04 Å². The van der Waals surface area contributed by atoms with Gasteiger partial charge in [0.05, 0.1) is 0 Å². The highest BCUT2D eigenvalue weighted by molar-refractivity contribution is 9.11. The smallest absolute Gasteiger partial charge is 0.0320 e.